The predicted molar refractivity (Wildman–Crippen MR) is 229 cm³/mol. The molecule has 338 valence electrons. The maximum Gasteiger partial charge on any atom is 0.259 e. The Balaban J connectivity index is 0.000000187. The third-order valence-electron chi connectivity index (χ3n) is 15.4. The number of hydrogen-bond acceptors (Lipinski definition) is 15. The number of nitrogens with one attached hydrogen (secondary N) is 1. The van der Waals surface area contributed by atoms with Crippen LogP contribution < -0.4 is 10.1 Å². The van der Waals surface area contributed by atoms with Gasteiger partial charge >= 0.3 is 0 Å². The van der Waals surface area contributed by atoms with Crippen LogP contribution in [0.5, 0.6) is 17.2 Å². The number of likely N-dealkylation sites (N-methyl/N-ethyl adjacent to an activating group) is 1. The van der Waals surface area contributed by atoms with Crippen LogP contribution in [0.1, 0.15) is 72.5 Å². The molecule has 8 N–H and O–H groups in total. The summed E-state index contributed by atoms with van der Waals surface area (Å²) in [4.78, 5) is 58.9. The fourth-order valence-corrected chi connectivity index (χ4v) is 12.5. The Hall–Kier alpha value is -4.81. The molecule has 3 aliphatic heterocycles. The minimum Gasteiger partial charge on any atom is -0.510 e. The largest absolute Gasteiger partial charge is 0.510 e. The summed E-state index contributed by atoms with van der Waals surface area (Å²) in [6, 6.07) is 6.67. The number of halogens is 1. The maximum absolute atomic E-state index is 13.8. The Kier molecular flexibility index (Phi) is 11.0. The number of ketones is 3. The van der Waals surface area contributed by atoms with Gasteiger partial charge in [-0.25, -0.2) is 0 Å². The van der Waals surface area contributed by atoms with E-state index in [-0.39, 0.29) is 54.2 Å². The van der Waals surface area contributed by atoms with E-state index >= 15 is 0 Å². The number of hydrogen-bond donors (Lipinski definition) is 8. The number of aliphatic hydroxyl groups excluding tert-OH is 2. The van der Waals surface area contributed by atoms with Crippen molar-refractivity contribution < 1.29 is 59.7 Å². The van der Waals surface area contributed by atoms with E-state index in [4.69, 9.17) is 4.74 Å². The number of phenols is 2. The van der Waals surface area contributed by atoms with Crippen molar-refractivity contribution >= 4 is 35.7 Å². The zero-order chi connectivity index (χ0) is 44.4. The van der Waals surface area contributed by atoms with Gasteiger partial charge in [0, 0.05) is 48.5 Å². The molecule has 0 radical (unpaired) electrons. The molecule has 1 amide bonds. The molecular weight excluding hydrogens is 836 g/mol. The summed E-state index contributed by atoms with van der Waals surface area (Å²) in [6.45, 7) is 8.48. The van der Waals surface area contributed by atoms with E-state index in [1.54, 1.807) is 20.2 Å². The van der Waals surface area contributed by atoms with Crippen LogP contribution in [0.2, 0.25) is 0 Å². The van der Waals surface area contributed by atoms with Crippen molar-refractivity contribution in [2.24, 2.45) is 11.8 Å². The van der Waals surface area contributed by atoms with Gasteiger partial charge in [0.05, 0.1) is 34.9 Å². The SMILES string of the molecule is C=CCN1CC[C@]23c4c5ccc(O)c4O[C@H]2C(=O)CC[C@@]3(O)[C@H]1C5.CN(C)[C@@H]1C(O)=C(C(=O)NCN2CCCC2)C(=O)[C@@]2(O)C(O)=C3C(=O)c4c(O)cccc4[C@@](C)(O)C3C[C@@H]12.Cl. The van der Waals surface area contributed by atoms with Crippen LogP contribution in [-0.4, -0.2) is 150 Å². The van der Waals surface area contributed by atoms with Gasteiger partial charge in [-0.15, -0.1) is 19.0 Å². The second kappa shape index (κ2) is 15.4. The second-order valence-corrected chi connectivity index (χ2v) is 18.6. The number of piperidine rings is 1. The standard InChI is InChI=1S/C27H33N3O8.C19H21NO4.ClH/c1-26(37)13-7-6-8-16(31)17(13)21(32)18-14(26)11-15-20(29(2)3)22(33)19(24(35)27(15,38)23(18)34)25(36)28-12-30-9-4-5-10-30;1-2-8-20-9-7-18-15-11-3-4-12(21)16(15)24-17(18)13(22)5-6-19(18,23)14(20)10-11;/h6-8,14-15,20,31,33-34,37-38H,4-5,9-12H2,1-3H3,(H,28,36);2-4,14,17,21,23H,1,5-10H2;1H/t14?,15-,20-,26+,27-;14-,17+,18+,19-;/m01./s1. The first-order chi connectivity index (χ1) is 29.4. The van der Waals surface area contributed by atoms with E-state index < -0.39 is 92.1 Å². The third-order valence-corrected chi connectivity index (χ3v) is 15.4. The lowest BCUT2D eigenvalue weighted by Gasteiger charge is -2.62. The zero-order valence-corrected chi connectivity index (χ0v) is 36.3. The van der Waals surface area contributed by atoms with Gasteiger partial charge in [-0.3, -0.25) is 33.9 Å². The molecule has 17 heteroatoms. The normalized spacial score (nSPS) is 35.1. The first-order valence-electron chi connectivity index (χ1n) is 21.4. The number of amides is 1. The van der Waals surface area contributed by atoms with Crippen LogP contribution in [0.4, 0.5) is 0 Å². The fourth-order valence-electron chi connectivity index (χ4n) is 12.5. The molecule has 3 heterocycles. The Morgan fingerprint density at radius 2 is 1.71 bits per heavy atom. The highest BCUT2D eigenvalue weighted by Gasteiger charge is 2.73. The summed E-state index contributed by atoms with van der Waals surface area (Å²) >= 11 is 0. The molecule has 1 saturated carbocycles. The molecule has 1 spiro atoms. The van der Waals surface area contributed by atoms with Gasteiger partial charge in [-0.1, -0.05) is 24.3 Å². The number of phenolic OH excluding ortho intramolecular Hbond substituents is 2. The molecule has 2 aromatic rings. The lowest BCUT2D eigenvalue weighted by atomic mass is 9.49. The van der Waals surface area contributed by atoms with E-state index in [1.807, 2.05) is 17.0 Å². The molecule has 9 atom stereocenters. The van der Waals surface area contributed by atoms with Gasteiger partial charge in [0.25, 0.3) is 5.91 Å². The van der Waals surface area contributed by atoms with E-state index in [2.05, 4.69) is 16.8 Å². The molecule has 0 aromatic heterocycles. The number of rotatable bonds is 6. The molecule has 8 aliphatic rings. The van der Waals surface area contributed by atoms with Crippen molar-refractivity contribution in [2.45, 2.75) is 92.3 Å². The number of carbonyl (C=O) groups is 4. The molecule has 2 bridgehead atoms. The molecular formula is C46H55ClN4O12. The van der Waals surface area contributed by atoms with Gasteiger partial charge in [0.1, 0.15) is 22.8 Å². The summed E-state index contributed by atoms with van der Waals surface area (Å²) in [5, 5.41) is 81.3. The van der Waals surface area contributed by atoms with Crippen LogP contribution in [0, 0.1) is 11.8 Å². The Morgan fingerprint density at radius 3 is 2.40 bits per heavy atom. The highest BCUT2D eigenvalue weighted by atomic mass is 35.5. The highest BCUT2D eigenvalue weighted by Crippen LogP contribution is 2.65. The maximum atomic E-state index is 13.8. The number of aliphatic hydroxyl groups is 5. The number of likely N-dealkylation sites (tertiary alicyclic amines) is 2. The topological polar surface area (TPSA) is 241 Å². The molecule has 63 heavy (non-hydrogen) atoms. The van der Waals surface area contributed by atoms with Gasteiger partial charge in [0.15, 0.2) is 34.8 Å². The second-order valence-electron chi connectivity index (χ2n) is 18.6. The molecule has 1 unspecified atom stereocenters. The highest BCUT2D eigenvalue weighted by molar-refractivity contribution is 6.25. The smallest absolute Gasteiger partial charge is 0.259 e. The quantitative estimate of drug-likeness (QED) is 0.153. The summed E-state index contributed by atoms with van der Waals surface area (Å²) in [6.07, 6.45) is 5.13. The average molecular weight is 891 g/mol. The zero-order valence-electron chi connectivity index (χ0n) is 35.5. The first-order valence-corrected chi connectivity index (χ1v) is 21.4. The summed E-state index contributed by atoms with van der Waals surface area (Å²) in [5.74, 6) is -6.64. The van der Waals surface area contributed by atoms with Crippen LogP contribution >= 0.6 is 12.4 Å². The average Bonchev–Trinajstić information content (AvgIpc) is 3.88. The van der Waals surface area contributed by atoms with Crippen molar-refractivity contribution in [3.63, 3.8) is 0 Å². The number of nitrogens with zero attached hydrogens (tertiary/aromatic N) is 3. The third kappa shape index (κ3) is 6.01. The van der Waals surface area contributed by atoms with Crippen LogP contribution in [-0.2, 0) is 31.8 Å². The Labute approximate surface area is 370 Å². The van der Waals surface area contributed by atoms with E-state index in [1.165, 1.54) is 30.0 Å². The van der Waals surface area contributed by atoms with Gasteiger partial charge in [-0.05, 0) is 95.9 Å². The molecule has 16 nitrogen and oxygen atoms in total. The van der Waals surface area contributed by atoms with E-state index in [0.29, 0.717) is 31.4 Å². The summed E-state index contributed by atoms with van der Waals surface area (Å²) in [5.41, 5.74) is -5.39. The Bertz CT molecular complexity index is 2390. The van der Waals surface area contributed by atoms with Crippen molar-refractivity contribution in [1.29, 1.82) is 0 Å². The van der Waals surface area contributed by atoms with Crippen molar-refractivity contribution in [3.8, 4) is 17.2 Å². The number of carbonyl (C=O) groups excluding carboxylic acids is 4. The number of benzene rings is 2. The van der Waals surface area contributed by atoms with E-state index in [9.17, 15) is 54.9 Å². The van der Waals surface area contributed by atoms with Crippen molar-refractivity contribution in [2.75, 3.05) is 46.9 Å². The molecule has 2 aromatic carbocycles. The molecule has 10 rings (SSSR count). The lowest BCUT2D eigenvalue weighted by molar-refractivity contribution is -0.187. The lowest BCUT2D eigenvalue weighted by Crippen LogP contribution is -2.76. The molecule has 3 fully saturated rings. The fraction of sp³-hybridized carbons (Fsp3) is 0.522. The first kappa shape index (κ1) is 44.8. The predicted octanol–water partition coefficient (Wildman–Crippen LogP) is 2.19. The minimum absolute atomic E-state index is 0. The van der Waals surface area contributed by atoms with Gasteiger partial charge < -0.3 is 45.8 Å². The van der Waals surface area contributed by atoms with Gasteiger partial charge in [0.2, 0.25) is 5.78 Å². The van der Waals surface area contributed by atoms with Crippen LogP contribution in [0.25, 0.3) is 0 Å². The molecule has 2 saturated heterocycles. The number of ether oxygens (including phenoxy) is 1. The molecule has 5 aliphatic carbocycles. The minimum atomic E-state index is -2.72. The van der Waals surface area contributed by atoms with Crippen LogP contribution in [0.3, 0.4) is 0 Å². The van der Waals surface area contributed by atoms with Crippen molar-refractivity contribution in [3.05, 3.63) is 87.9 Å². The summed E-state index contributed by atoms with van der Waals surface area (Å²) in [7, 11) is 3.18. The monoisotopic (exact) mass is 890 g/mol. The van der Waals surface area contributed by atoms with E-state index in [0.717, 1.165) is 50.1 Å². The number of aromatic hydroxyl groups is 2. The van der Waals surface area contributed by atoms with Gasteiger partial charge in [-0.2, -0.15) is 0 Å². The summed E-state index contributed by atoms with van der Waals surface area (Å²) < 4.78 is 5.98. The van der Waals surface area contributed by atoms with Crippen LogP contribution in [0.15, 0.2) is 65.7 Å². The number of fused-ring (bicyclic) bond motifs is 3. The Morgan fingerprint density at radius 1 is 1.00 bits per heavy atom. The number of Topliss-reactive ketones (excluding diaryl/α,β-unsaturated/α-hetero) is 3. The van der Waals surface area contributed by atoms with Crippen molar-refractivity contribution in [1.82, 2.24) is 20.0 Å².